The van der Waals surface area contributed by atoms with Crippen molar-refractivity contribution in [3.05, 3.63) is 80.9 Å². The van der Waals surface area contributed by atoms with Gasteiger partial charge in [-0.15, -0.1) is 11.6 Å². The van der Waals surface area contributed by atoms with Gasteiger partial charge in [-0.1, -0.05) is 36.4 Å². The molecule has 1 saturated heterocycles. The summed E-state index contributed by atoms with van der Waals surface area (Å²) in [4.78, 5) is 30.5. The van der Waals surface area contributed by atoms with Gasteiger partial charge in [-0.05, 0) is 69.3 Å². The van der Waals surface area contributed by atoms with E-state index in [1.807, 2.05) is 58.2 Å². The predicted octanol–water partition coefficient (Wildman–Crippen LogP) is 4.71. The smallest absolute Gasteiger partial charge is 0.326 e. The van der Waals surface area contributed by atoms with Gasteiger partial charge in [0.25, 0.3) is 0 Å². The Morgan fingerprint density at radius 3 is 2.56 bits per heavy atom. The lowest BCUT2D eigenvalue weighted by molar-refractivity contribution is -0.131. The van der Waals surface area contributed by atoms with Gasteiger partial charge >= 0.3 is 5.97 Å². The molecule has 0 spiro atoms. The number of aromatic hydroxyl groups is 1. The topological polar surface area (TPSA) is 124 Å². The molecule has 1 unspecified atom stereocenters. The second-order valence-corrected chi connectivity index (χ2v) is 13.5. The molecule has 10 nitrogen and oxygen atoms in total. The minimum absolute atomic E-state index is 0.00928. The van der Waals surface area contributed by atoms with Crippen LogP contribution in [0.15, 0.2) is 36.4 Å². The average Bonchev–Trinajstić information content (AvgIpc) is 3.58. The number of nitrogens with one attached hydrogen (secondary N) is 1. The molecule has 7 rings (SSSR count). The maximum Gasteiger partial charge on any atom is 0.326 e. The third-order valence-electron chi connectivity index (χ3n) is 10.7. The maximum absolute atomic E-state index is 13.4. The van der Waals surface area contributed by atoms with Crippen molar-refractivity contribution in [3.63, 3.8) is 0 Å². The Morgan fingerprint density at radius 1 is 1.08 bits per heavy atom. The number of piperazine rings is 1. The van der Waals surface area contributed by atoms with E-state index in [1.165, 1.54) is 0 Å². The van der Waals surface area contributed by atoms with E-state index in [-0.39, 0.29) is 49.0 Å². The molecule has 4 aliphatic rings. The summed E-state index contributed by atoms with van der Waals surface area (Å²) < 4.78 is 18.0. The van der Waals surface area contributed by atoms with Crippen LogP contribution in [-0.2, 0) is 28.9 Å². The lowest BCUT2D eigenvalue weighted by atomic mass is 9.71. The number of carbonyl (C=O) groups excluding carboxylic acids is 2. The zero-order valence-electron chi connectivity index (χ0n) is 27.5. The molecule has 250 valence electrons. The molecule has 0 aromatic heterocycles. The minimum atomic E-state index is -0.600. The van der Waals surface area contributed by atoms with Crippen LogP contribution >= 0.6 is 11.6 Å². The number of fused-ring (bicyclic) bond motifs is 9. The Kier molecular flexibility index (Phi) is 8.48. The molecule has 1 fully saturated rings. The predicted molar refractivity (Wildman–Crippen MR) is 178 cm³/mol. The van der Waals surface area contributed by atoms with Crippen molar-refractivity contribution in [2.75, 3.05) is 26.3 Å². The number of aryl methyl sites for hydroxylation is 2. The zero-order valence-corrected chi connectivity index (χ0v) is 28.3. The van der Waals surface area contributed by atoms with Crippen LogP contribution in [0, 0.1) is 32.1 Å². The van der Waals surface area contributed by atoms with Crippen LogP contribution in [0.2, 0.25) is 0 Å². The van der Waals surface area contributed by atoms with E-state index in [0.29, 0.717) is 48.5 Å². The van der Waals surface area contributed by atoms with Gasteiger partial charge < -0.3 is 24.6 Å². The van der Waals surface area contributed by atoms with Crippen molar-refractivity contribution in [2.24, 2.45) is 0 Å². The number of hydrogen-bond acceptors (Lipinski definition) is 9. The van der Waals surface area contributed by atoms with Crippen LogP contribution in [0.5, 0.6) is 23.0 Å². The first-order valence-electron chi connectivity index (χ1n) is 16.4. The van der Waals surface area contributed by atoms with Gasteiger partial charge in [0, 0.05) is 47.3 Å². The first kappa shape index (κ1) is 32.3. The highest BCUT2D eigenvalue weighted by atomic mass is 35.5. The fourth-order valence-corrected chi connectivity index (χ4v) is 8.43. The van der Waals surface area contributed by atoms with E-state index in [4.69, 9.17) is 25.8 Å². The molecule has 0 saturated carbocycles. The highest BCUT2D eigenvalue weighted by Gasteiger charge is 2.56. The number of likely N-dealkylation sites (N-methyl/N-ethyl adjacent to an activating group) is 1. The molecular weight excluding hydrogens is 632 g/mol. The standard InChI is InChI=1S/C37H39ClN4O6/c1-19-12-23-13-25-27(16-39)42-26(33(41(25)4)31(23)34(45)20(19)2)14-24-32(28(42)17-40-29(43)11-10-22-8-6-5-7-9-22)37-36(46-18-47-37)21(3)35(24)48-30(44)15-38/h5-9,12,25-28,33,45H,10-11,13-15,17-18H2,1-4H3,(H,40,43)/t25-,26?,27-,28-,33-/m0/s1. The molecule has 3 aromatic carbocycles. The van der Waals surface area contributed by atoms with Gasteiger partial charge in [-0.25, -0.2) is 0 Å². The molecule has 11 heteroatoms. The Morgan fingerprint density at radius 2 is 1.83 bits per heavy atom. The molecule has 4 aliphatic heterocycles. The average molecular weight is 671 g/mol. The number of benzene rings is 3. The number of phenols is 1. The summed E-state index contributed by atoms with van der Waals surface area (Å²) in [6.45, 7) is 5.92. The number of esters is 1. The summed E-state index contributed by atoms with van der Waals surface area (Å²) in [5.41, 5.74) is 6.89. The van der Waals surface area contributed by atoms with E-state index in [9.17, 15) is 20.0 Å². The second-order valence-electron chi connectivity index (χ2n) is 13.2. The fourth-order valence-electron chi connectivity index (χ4n) is 8.37. The quantitative estimate of drug-likeness (QED) is 0.209. The minimum Gasteiger partial charge on any atom is -0.507 e. The van der Waals surface area contributed by atoms with Crippen molar-refractivity contribution in [3.8, 4) is 29.1 Å². The van der Waals surface area contributed by atoms with Crippen molar-refractivity contribution >= 4 is 23.5 Å². The number of rotatable bonds is 7. The summed E-state index contributed by atoms with van der Waals surface area (Å²) in [7, 11) is 2.02. The van der Waals surface area contributed by atoms with Crippen molar-refractivity contribution in [1.29, 1.82) is 5.26 Å². The van der Waals surface area contributed by atoms with Crippen molar-refractivity contribution in [1.82, 2.24) is 15.1 Å². The molecule has 3 aromatic rings. The Bertz CT molecular complexity index is 1840. The number of halogens is 1. The van der Waals surface area contributed by atoms with Gasteiger partial charge in [-0.3, -0.25) is 19.4 Å². The van der Waals surface area contributed by atoms with E-state index in [0.717, 1.165) is 38.9 Å². The molecule has 48 heavy (non-hydrogen) atoms. The normalized spacial score (nSPS) is 23.8. The molecule has 1 amide bonds. The van der Waals surface area contributed by atoms with E-state index in [2.05, 4.69) is 27.3 Å². The fraction of sp³-hybridized carbons (Fsp3) is 0.432. The molecule has 5 atom stereocenters. The molecular formula is C37H39ClN4O6. The summed E-state index contributed by atoms with van der Waals surface area (Å²) in [6, 6.07) is 12.8. The second kappa shape index (κ2) is 12.6. The number of nitriles is 1. The highest BCUT2D eigenvalue weighted by Crippen LogP contribution is 2.57. The van der Waals surface area contributed by atoms with Crippen molar-refractivity contribution < 1.29 is 28.9 Å². The number of nitrogens with zero attached hydrogens (tertiary/aromatic N) is 3. The summed E-state index contributed by atoms with van der Waals surface area (Å²) in [5.74, 6) is 0.586. The van der Waals surface area contributed by atoms with Crippen molar-refractivity contribution in [2.45, 2.75) is 76.7 Å². The third-order valence-corrected chi connectivity index (χ3v) is 11.0. The number of phenolic OH excluding ortho intramolecular Hbond substituents is 1. The monoisotopic (exact) mass is 670 g/mol. The molecule has 2 N–H and O–H groups in total. The van der Waals surface area contributed by atoms with Crippen LogP contribution in [-0.4, -0.2) is 71.2 Å². The lowest BCUT2D eigenvalue weighted by Gasteiger charge is -2.60. The lowest BCUT2D eigenvalue weighted by Crippen LogP contribution is -2.68. The first-order valence-corrected chi connectivity index (χ1v) is 16.9. The van der Waals surface area contributed by atoms with Gasteiger partial charge in [0.05, 0.1) is 18.2 Å². The largest absolute Gasteiger partial charge is 0.507 e. The zero-order chi connectivity index (χ0) is 33.9. The van der Waals surface area contributed by atoms with Gasteiger partial charge in [0.1, 0.15) is 23.4 Å². The van der Waals surface area contributed by atoms with E-state index >= 15 is 0 Å². The van der Waals surface area contributed by atoms with Gasteiger partial charge in [0.15, 0.2) is 11.5 Å². The Labute approximate surface area is 285 Å². The number of alkyl halides is 1. The number of hydrogen-bond donors (Lipinski definition) is 2. The molecule has 2 bridgehead atoms. The van der Waals surface area contributed by atoms with Gasteiger partial charge in [-0.2, -0.15) is 5.26 Å². The van der Waals surface area contributed by atoms with Crippen LogP contribution in [0.25, 0.3) is 0 Å². The number of ether oxygens (including phenoxy) is 3. The molecule has 0 radical (unpaired) electrons. The highest BCUT2D eigenvalue weighted by molar-refractivity contribution is 6.26. The summed E-state index contributed by atoms with van der Waals surface area (Å²) >= 11 is 5.92. The number of amides is 1. The van der Waals surface area contributed by atoms with E-state index in [1.54, 1.807) is 0 Å². The van der Waals surface area contributed by atoms with Crippen LogP contribution < -0.4 is 19.5 Å². The van der Waals surface area contributed by atoms with Crippen LogP contribution in [0.3, 0.4) is 0 Å². The van der Waals surface area contributed by atoms with E-state index < -0.39 is 18.1 Å². The summed E-state index contributed by atoms with van der Waals surface area (Å²) in [6.07, 6.45) is 1.87. The Hall–Kier alpha value is -4.30. The SMILES string of the molecule is Cc1cc2c(c(O)c1C)[C@@H]1C3Cc4c(OC(=O)CCl)c(C)c5c(c4[C@H](CNC(=O)CCc4ccccc4)N3[C@@H](C#N)[C@H](C2)N1C)OCO5. The third kappa shape index (κ3) is 5.16. The first-order chi connectivity index (χ1) is 23.1. The van der Waals surface area contributed by atoms with Gasteiger partial charge in [0.2, 0.25) is 12.7 Å². The summed E-state index contributed by atoms with van der Waals surface area (Å²) in [5, 5.41) is 25.7. The molecule has 0 aliphatic carbocycles. The molecule has 4 heterocycles. The Balaban J connectivity index is 1.37. The maximum atomic E-state index is 13.4. The van der Waals surface area contributed by atoms with Crippen LogP contribution in [0.4, 0.5) is 0 Å². The van der Waals surface area contributed by atoms with Crippen LogP contribution in [0.1, 0.15) is 63.0 Å². The number of carbonyl (C=O) groups is 2.